The Balaban J connectivity index is 2.36. The third-order valence-electron chi connectivity index (χ3n) is 2.24. The van der Waals surface area contributed by atoms with E-state index in [9.17, 15) is 9.59 Å². The van der Waals surface area contributed by atoms with Gasteiger partial charge in [0, 0.05) is 6.04 Å². The van der Waals surface area contributed by atoms with Crippen molar-refractivity contribution in [3.05, 3.63) is 35.4 Å². The van der Waals surface area contributed by atoms with Gasteiger partial charge in [-0.25, -0.2) is 0 Å². The van der Waals surface area contributed by atoms with Gasteiger partial charge >= 0.3 is 5.97 Å². The number of amides is 1. The molecule has 1 aromatic rings. The number of ether oxygens (including phenoxy) is 1. The molecule has 4 nitrogen and oxygen atoms in total. The summed E-state index contributed by atoms with van der Waals surface area (Å²) < 4.78 is 4.90. The number of nitrogens with one attached hydrogen (secondary N) is 1. The maximum atomic E-state index is 11.5. The predicted molar refractivity (Wildman–Crippen MR) is 69.1 cm³/mol. The Hall–Kier alpha value is -1.84. The van der Waals surface area contributed by atoms with Crippen LogP contribution in [-0.2, 0) is 20.7 Å². The lowest BCUT2D eigenvalue weighted by Gasteiger charge is -2.09. The first-order valence-corrected chi connectivity index (χ1v) is 5.98. The molecule has 0 aromatic heterocycles. The summed E-state index contributed by atoms with van der Waals surface area (Å²) in [4.78, 5) is 22.8. The van der Waals surface area contributed by atoms with E-state index in [1.807, 2.05) is 45.0 Å². The van der Waals surface area contributed by atoms with Crippen molar-refractivity contribution in [1.29, 1.82) is 0 Å². The first-order valence-electron chi connectivity index (χ1n) is 5.98. The van der Waals surface area contributed by atoms with Crippen molar-refractivity contribution in [2.24, 2.45) is 0 Å². The molecular weight excluding hydrogens is 230 g/mol. The van der Waals surface area contributed by atoms with Crippen LogP contribution in [-0.4, -0.2) is 24.5 Å². The van der Waals surface area contributed by atoms with Gasteiger partial charge in [-0.1, -0.05) is 29.8 Å². The highest BCUT2D eigenvalue weighted by Crippen LogP contribution is 2.05. The molecule has 0 aliphatic carbocycles. The summed E-state index contributed by atoms with van der Waals surface area (Å²) in [7, 11) is 0. The molecule has 1 amide bonds. The topological polar surface area (TPSA) is 55.4 Å². The van der Waals surface area contributed by atoms with Crippen molar-refractivity contribution in [1.82, 2.24) is 5.32 Å². The fourth-order valence-electron chi connectivity index (χ4n) is 1.55. The quantitative estimate of drug-likeness (QED) is 0.806. The van der Waals surface area contributed by atoms with Crippen molar-refractivity contribution < 1.29 is 14.3 Å². The van der Waals surface area contributed by atoms with Crippen LogP contribution in [0.2, 0.25) is 0 Å². The highest BCUT2D eigenvalue weighted by molar-refractivity contribution is 5.81. The van der Waals surface area contributed by atoms with Crippen molar-refractivity contribution in [2.75, 3.05) is 6.61 Å². The fraction of sp³-hybridized carbons (Fsp3) is 0.429. The van der Waals surface area contributed by atoms with E-state index in [2.05, 4.69) is 5.32 Å². The molecule has 0 fully saturated rings. The number of hydrogen-bond donors (Lipinski definition) is 1. The van der Waals surface area contributed by atoms with Crippen LogP contribution in [0.4, 0.5) is 0 Å². The van der Waals surface area contributed by atoms with Gasteiger partial charge < -0.3 is 10.1 Å². The molecule has 0 saturated carbocycles. The first-order chi connectivity index (χ1) is 8.47. The van der Waals surface area contributed by atoms with Crippen molar-refractivity contribution in [3.63, 3.8) is 0 Å². The van der Waals surface area contributed by atoms with E-state index in [1.165, 1.54) is 0 Å². The highest BCUT2D eigenvalue weighted by atomic mass is 16.5. The lowest BCUT2D eigenvalue weighted by atomic mass is 10.1. The summed E-state index contributed by atoms with van der Waals surface area (Å²) in [6.45, 7) is 5.45. The zero-order valence-corrected chi connectivity index (χ0v) is 11.0. The number of carbonyl (C=O) groups is 2. The van der Waals surface area contributed by atoms with E-state index in [4.69, 9.17) is 4.74 Å². The number of esters is 1. The number of hydrogen-bond acceptors (Lipinski definition) is 3. The molecule has 0 aliphatic heterocycles. The van der Waals surface area contributed by atoms with Crippen LogP contribution >= 0.6 is 0 Å². The van der Waals surface area contributed by atoms with E-state index in [-0.39, 0.29) is 30.9 Å². The molecule has 1 N–H and O–H groups in total. The maximum absolute atomic E-state index is 11.5. The summed E-state index contributed by atoms with van der Waals surface area (Å²) >= 11 is 0. The van der Waals surface area contributed by atoms with Crippen LogP contribution in [0, 0.1) is 6.92 Å². The van der Waals surface area contributed by atoms with Crippen molar-refractivity contribution >= 4 is 11.9 Å². The van der Waals surface area contributed by atoms with E-state index < -0.39 is 0 Å². The normalized spacial score (nSPS) is 10.2. The molecule has 4 heteroatoms. The number of rotatable bonds is 5. The zero-order chi connectivity index (χ0) is 13.5. The minimum absolute atomic E-state index is 0.0491. The Kier molecular flexibility index (Phi) is 5.36. The molecule has 0 atom stereocenters. The van der Waals surface area contributed by atoms with Gasteiger partial charge in [-0.05, 0) is 26.3 Å². The molecule has 0 aliphatic rings. The summed E-state index contributed by atoms with van der Waals surface area (Å²) in [6, 6.07) is 7.69. The second-order valence-corrected chi connectivity index (χ2v) is 4.55. The monoisotopic (exact) mass is 249 g/mol. The fourth-order valence-corrected chi connectivity index (χ4v) is 1.55. The van der Waals surface area contributed by atoms with E-state index in [1.54, 1.807) is 0 Å². The van der Waals surface area contributed by atoms with Gasteiger partial charge in [-0.15, -0.1) is 0 Å². The first kappa shape index (κ1) is 14.2. The zero-order valence-electron chi connectivity index (χ0n) is 11.0. The van der Waals surface area contributed by atoms with E-state index in [0.29, 0.717) is 0 Å². The molecular formula is C14H19NO3. The Bertz CT molecular complexity index is 427. The molecule has 1 rings (SSSR count). The largest absolute Gasteiger partial charge is 0.455 e. The third kappa shape index (κ3) is 5.48. The van der Waals surface area contributed by atoms with Gasteiger partial charge in [0.2, 0.25) is 0 Å². The molecule has 0 heterocycles. The predicted octanol–water partition coefficient (Wildman–Crippen LogP) is 1.61. The minimum Gasteiger partial charge on any atom is -0.455 e. The Morgan fingerprint density at radius 1 is 1.33 bits per heavy atom. The summed E-state index contributed by atoms with van der Waals surface area (Å²) in [6.07, 6.45) is 0.191. The van der Waals surface area contributed by atoms with Gasteiger partial charge in [0.25, 0.3) is 5.91 Å². The van der Waals surface area contributed by atoms with Gasteiger partial charge in [-0.2, -0.15) is 0 Å². The van der Waals surface area contributed by atoms with Gasteiger partial charge in [0.05, 0.1) is 6.42 Å². The van der Waals surface area contributed by atoms with Crippen LogP contribution in [0.3, 0.4) is 0 Å². The average Bonchev–Trinajstić information content (AvgIpc) is 2.25. The van der Waals surface area contributed by atoms with E-state index in [0.717, 1.165) is 11.1 Å². The highest BCUT2D eigenvalue weighted by Gasteiger charge is 2.09. The molecule has 18 heavy (non-hydrogen) atoms. The van der Waals surface area contributed by atoms with Crippen LogP contribution in [0.1, 0.15) is 25.0 Å². The molecule has 0 unspecified atom stereocenters. The number of carbonyl (C=O) groups excluding carboxylic acids is 2. The lowest BCUT2D eigenvalue weighted by Crippen LogP contribution is -2.34. The molecule has 0 radical (unpaired) electrons. The van der Waals surface area contributed by atoms with Crippen LogP contribution in [0.5, 0.6) is 0 Å². The Morgan fingerprint density at radius 3 is 2.67 bits per heavy atom. The SMILES string of the molecule is Cc1cccc(CC(=O)OCC(=O)NC(C)C)c1. The molecule has 0 bridgehead atoms. The van der Waals surface area contributed by atoms with Gasteiger partial charge in [0.15, 0.2) is 6.61 Å². The number of aryl methyl sites for hydroxylation is 1. The third-order valence-corrected chi connectivity index (χ3v) is 2.24. The standard InChI is InChI=1S/C14H19NO3/c1-10(2)15-13(16)9-18-14(17)8-12-6-4-5-11(3)7-12/h4-7,10H,8-9H2,1-3H3,(H,15,16). The summed E-state index contributed by atoms with van der Waals surface area (Å²) in [5.74, 6) is -0.665. The second kappa shape index (κ2) is 6.79. The van der Waals surface area contributed by atoms with Crippen LogP contribution < -0.4 is 5.32 Å². The molecule has 98 valence electrons. The summed E-state index contributed by atoms with van der Waals surface area (Å²) in [5, 5.41) is 2.65. The summed E-state index contributed by atoms with van der Waals surface area (Å²) in [5.41, 5.74) is 1.99. The lowest BCUT2D eigenvalue weighted by molar-refractivity contribution is -0.148. The second-order valence-electron chi connectivity index (χ2n) is 4.55. The van der Waals surface area contributed by atoms with E-state index >= 15 is 0 Å². The van der Waals surface area contributed by atoms with Gasteiger partial charge in [-0.3, -0.25) is 9.59 Å². The van der Waals surface area contributed by atoms with Crippen LogP contribution in [0.15, 0.2) is 24.3 Å². The van der Waals surface area contributed by atoms with Crippen molar-refractivity contribution in [2.45, 2.75) is 33.2 Å². The minimum atomic E-state index is -0.389. The Morgan fingerprint density at radius 2 is 2.06 bits per heavy atom. The van der Waals surface area contributed by atoms with Crippen LogP contribution in [0.25, 0.3) is 0 Å². The number of benzene rings is 1. The average molecular weight is 249 g/mol. The maximum Gasteiger partial charge on any atom is 0.310 e. The smallest absolute Gasteiger partial charge is 0.310 e. The Labute approximate surface area is 107 Å². The molecule has 1 aromatic carbocycles. The van der Waals surface area contributed by atoms with Gasteiger partial charge in [0.1, 0.15) is 0 Å². The molecule has 0 spiro atoms. The molecule has 0 saturated heterocycles. The van der Waals surface area contributed by atoms with Crippen molar-refractivity contribution in [3.8, 4) is 0 Å².